The van der Waals surface area contributed by atoms with Gasteiger partial charge in [-0.15, -0.1) is 0 Å². The number of hydrogen-bond donors (Lipinski definition) is 2. The monoisotopic (exact) mass is 724 g/mol. The van der Waals surface area contributed by atoms with Crippen LogP contribution in [0.4, 0.5) is 5.69 Å². The molecule has 9 heteroatoms. The molecule has 0 bridgehead atoms. The lowest BCUT2D eigenvalue weighted by Gasteiger charge is -2.42. The Morgan fingerprint density at radius 1 is 0.815 bits per heavy atom. The topological polar surface area (TPSA) is 102 Å². The van der Waals surface area contributed by atoms with Gasteiger partial charge in [0.25, 0.3) is 5.91 Å². The van der Waals surface area contributed by atoms with Crippen molar-refractivity contribution in [1.82, 2.24) is 15.1 Å². The third kappa shape index (κ3) is 7.51. The predicted octanol–water partition coefficient (Wildman–Crippen LogP) is 6.75. The number of carbonyl (C=O) groups excluding carboxylic acids is 3. The van der Waals surface area contributed by atoms with Crippen molar-refractivity contribution < 1.29 is 24.2 Å². The number of imide groups is 1. The van der Waals surface area contributed by atoms with E-state index in [9.17, 15) is 19.5 Å². The number of hydrogen-bond acceptors (Lipinski definition) is 7. The van der Waals surface area contributed by atoms with Gasteiger partial charge in [-0.3, -0.25) is 24.6 Å². The van der Waals surface area contributed by atoms with Crippen molar-refractivity contribution in [3.63, 3.8) is 0 Å². The molecule has 8 rings (SSSR count). The highest BCUT2D eigenvalue weighted by atomic mass is 16.5. The molecule has 1 unspecified atom stereocenters. The van der Waals surface area contributed by atoms with E-state index in [4.69, 9.17) is 4.74 Å². The standard InChI is InChI=1S/C45H48N4O5/c1-2-39(32-6-4-3-5-7-32)43(33-8-13-37(50)14-9-33)34-10-15-38(16-11-34)54-29-31-24-30(25-31)27-47-20-22-48(23-21-47)36-12-17-40-35(26-36)28-49(45(40)53)41-18-19-42(51)46-44(41)52/h3-17,26,30-31,41,50H,2,18-25,27-29H2,1H3,(H,46,51,52)/b43-39-. The molecule has 2 saturated heterocycles. The van der Waals surface area contributed by atoms with E-state index in [1.807, 2.05) is 30.3 Å². The van der Waals surface area contributed by atoms with Crippen LogP contribution in [0.15, 0.2) is 97.1 Å². The van der Waals surface area contributed by atoms with Gasteiger partial charge >= 0.3 is 0 Å². The minimum Gasteiger partial charge on any atom is -0.508 e. The first-order valence-electron chi connectivity index (χ1n) is 19.4. The smallest absolute Gasteiger partial charge is 0.255 e. The summed E-state index contributed by atoms with van der Waals surface area (Å²) in [6.45, 7) is 8.33. The zero-order valence-electron chi connectivity index (χ0n) is 30.9. The summed E-state index contributed by atoms with van der Waals surface area (Å²) in [5.41, 5.74) is 8.55. The number of ether oxygens (including phenoxy) is 1. The van der Waals surface area contributed by atoms with Gasteiger partial charge < -0.3 is 19.6 Å². The van der Waals surface area contributed by atoms with Crippen LogP contribution in [0.2, 0.25) is 0 Å². The van der Waals surface area contributed by atoms with Gasteiger partial charge in [-0.2, -0.15) is 0 Å². The van der Waals surface area contributed by atoms with Crippen LogP contribution in [-0.4, -0.2) is 78.0 Å². The first kappa shape index (κ1) is 35.6. The van der Waals surface area contributed by atoms with Crippen molar-refractivity contribution in [2.24, 2.45) is 11.8 Å². The Bertz CT molecular complexity index is 2030. The molecule has 3 amide bonds. The number of benzene rings is 4. The zero-order valence-corrected chi connectivity index (χ0v) is 30.9. The van der Waals surface area contributed by atoms with Crippen molar-refractivity contribution >= 4 is 34.6 Å². The van der Waals surface area contributed by atoms with Crippen molar-refractivity contribution in [3.8, 4) is 11.5 Å². The number of nitrogens with one attached hydrogen (secondary N) is 1. The first-order chi connectivity index (χ1) is 26.3. The molecule has 3 aliphatic heterocycles. The minimum absolute atomic E-state index is 0.129. The lowest BCUT2D eigenvalue weighted by atomic mass is 9.75. The van der Waals surface area contributed by atoms with Gasteiger partial charge in [-0.1, -0.05) is 61.5 Å². The van der Waals surface area contributed by atoms with Crippen molar-refractivity contribution in [2.45, 2.75) is 51.6 Å². The summed E-state index contributed by atoms with van der Waals surface area (Å²) in [5.74, 6) is 1.64. The number of rotatable bonds is 11. The molecule has 54 heavy (non-hydrogen) atoms. The maximum absolute atomic E-state index is 13.1. The van der Waals surface area contributed by atoms with Gasteiger partial charge in [-0.05, 0) is 113 Å². The third-order valence-electron chi connectivity index (χ3n) is 11.7. The number of piperidine rings is 1. The average molecular weight is 725 g/mol. The molecule has 278 valence electrons. The molecule has 3 heterocycles. The molecule has 4 aromatic carbocycles. The number of fused-ring (bicyclic) bond motifs is 1. The normalized spacial score (nSPS) is 22.0. The fraction of sp³-hybridized carbons (Fsp3) is 0.356. The average Bonchev–Trinajstić information content (AvgIpc) is 3.50. The number of carbonyl (C=O) groups is 3. The highest BCUT2D eigenvalue weighted by Crippen LogP contribution is 2.38. The number of aromatic hydroxyl groups is 1. The lowest BCUT2D eigenvalue weighted by molar-refractivity contribution is -0.136. The minimum atomic E-state index is -0.590. The molecule has 4 aromatic rings. The molecule has 1 saturated carbocycles. The number of phenolic OH excluding ortho intramolecular Hbond substituents is 1. The van der Waals surface area contributed by atoms with Crippen LogP contribution in [-0.2, 0) is 16.1 Å². The van der Waals surface area contributed by atoms with Gasteiger partial charge in [0.05, 0.1) is 6.61 Å². The van der Waals surface area contributed by atoms with Crippen LogP contribution in [0.5, 0.6) is 11.5 Å². The highest BCUT2D eigenvalue weighted by Gasteiger charge is 2.39. The van der Waals surface area contributed by atoms with Crippen LogP contribution >= 0.6 is 0 Å². The van der Waals surface area contributed by atoms with Crippen molar-refractivity contribution in [3.05, 3.63) is 125 Å². The van der Waals surface area contributed by atoms with Gasteiger partial charge in [0.1, 0.15) is 17.5 Å². The summed E-state index contributed by atoms with van der Waals surface area (Å²) in [6.07, 6.45) is 3.88. The maximum atomic E-state index is 13.1. The third-order valence-corrected chi connectivity index (χ3v) is 11.7. The summed E-state index contributed by atoms with van der Waals surface area (Å²) in [5, 5.41) is 12.3. The van der Waals surface area contributed by atoms with Crippen LogP contribution in [0, 0.1) is 11.8 Å². The number of anilines is 1. The number of allylic oxidation sites excluding steroid dienone is 1. The lowest BCUT2D eigenvalue weighted by Crippen LogP contribution is -2.52. The van der Waals surface area contributed by atoms with E-state index in [0.29, 0.717) is 30.4 Å². The van der Waals surface area contributed by atoms with E-state index in [1.54, 1.807) is 17.0 Å². The Hall–Kier alpha value is -5.41. The number of amides is 3. The molecule has 4 aliphatic rings. The van der Waals surface area contributed by atoms with E-state index in [1.165, 1.54) is 29.6 Å². The molecular formula is C45H48N4O5. The van der Waals surface area contributed by atoms with E-state index in [-0.39, 0.29) is 29.9 Å². The second-order valence-corrected chi connectivity index (χ2v) is 15.2. The Balaban J connectivity index is 0.806. The SMILES string of the molecule is CC/C(=C(\c1ccc(O)cc1)c1ccc(OCC2CC(CN3CCN(c4ccc5c(c4)CN(C4CCC(=O)NC4=O)C5=O)CC3)C2)cc1)c1ccccc1. The predicted molar refractivity (Wildman–Crippen MR) is 210 cm³/mol. The Labute approximate surface area is 317 Å². The van der Waals surface area contributed by atoms with E-state index in [2.05, 4.69) is 76.6 Å². The molecule has 1 aliphatic carbocycles. The summed E-state index contributed by atoms with van der Waals surface area (Å²) in [4.78, 5) is 43.7. The molecule has 3 fully saturated rings. The maximum Gasteiger partial charge on any atom is 0.255 e. The fourth-order valence-electron chi connectivity index (χ4n) is 8.71. The molecule has 9 nitrogen and oxygen atoms in total. The summed E-state index contributed by atoms with van der Waals surface area (Å²) >= 11 is 0. The van der Waals surface area contributed by atoms with E-state index >= 15 is 0 Å². The van der Waals surface area contributed by atoms with Crippen molar-refractivity contribution in [1.29, 1.82) is 0 Å². The quantitative estimate of drug-likeness (QED) is 0.130. The number of nitrogens with zero attached hydrogens (tertiary/aromatic N) is 3. The van der Waals surface area contributed by atoms with E-state index in [0.717, 1.165) is 73.9 Å². The molecule has 0 aromatic heterocycles. The Kier molecular flexibility index (Phi) is 10.2. The van der Waals surface area contributed by atoms with Crippen LogP contribution in [0.3, 0.4) is 0 Å². The van der Waals surface area contributed by atoms with Gasteiger partial charge in [0.2, 0.25) is 11.8 Å². The van der Waals surface area contributed by atoms with Gasteiger partial charge in [0.15, 0.2) is 0 Å². The van der Waals surface area contributed by atoms with Crippen LogP contribution in [0.1, 0.15) is 71.6 Å². The summed E-state index contributed by atoms with van der Waals surface area (Å²) in [6, 6.07) is 31.9. The van der Waals surface area contributed by atoms with Gasteiger partial charge in [0, 0.05) is 56.9 Å². The Morgan fingerprint density at radius 3 is 2.20 bits per heavy atom. The molecule has 0 spiro atoms. The first-order valence-corrected chi connectivity index (χ1v) is 19.4. The molecular weight excluding hydrogens is 677 g/mol. The Morgan fingerprint density at radius 2 is 1.52 bits per heavy atom. The largest absolute Gasteiger partial charge is 0.508 e. The summed E-state index contributed by atoms with van der Waals surface area (Å²) < 4.78 is 6.30. The molecule has 2 N–H and O–H groups in total. The van der Waals surface area contributed by atoms with E-state index < -0.39 is 6.04 Å². The second kappa shape index (κ2) is 15.5. The second-order valence-electron chi connectivity index (χ2n) is 15.2. The number of phenols is 1. The van der Waals surface area contributed by atoms with Crippen LogP contribution in [0.25, 0.3) is 11.1 Å². The zero-order chi connectivity index (χ0) is 37.2. The highest BCUT2D eigenvalue weighted by molar-refractivity contribution is 6.05. The molecule has 0 radical (unpaired) electrons. The molecule has 1 atom stereocenters. The number of piperazine rings is 1. The van der Waals surface area contributed by atoms with Crippen molar-refractivity contribution in [2.75, 3.05) is 44.2 Å². The fourth-order valence-corrected chi connectivity index (χ4v) is 8.71. The van der Waals surface area contributed by atoms with Crippen LogP contribution < -0.4 is 15.0 Å². The summed E-state index contributed by atoms with van der Waals surface area (Å²) in [7, 11) is 0. The van der Waals surface area contributed by atoms with Gasteiger partial charge in [-0.25, -0.2) is 0 Å².